The van der Waals surface area contributed by atoms with Crippen molar-refractivity contribution >= 4 is 32.8 Å². The number of nitrogens with one attached hydrogen (secondary N) is 1. The highest BCUT2D eigenvalue weighted by molar-refractivity contribution is 7.90. The number of carbonyl (C=O) groups excluding carboxylic acids is 1. The van der Waals surface area contributed by atoms with Gasteiger partial charge >= 0.3 is 5.97 Å². The number of aliphatic carboxylic acids is 1. The Morgan fingerprint density at radius 2 is 1.75 bits per heavy atom. The van der Waals surface area contributed by atoms with E-state index in [-0.39, 0.29) is 11.3 Å². The largest absolute Gasteiger partial charge is 0.480 e. The van der Waals surface area contributed by atoms with Crippen LogP contribution in [0.25, 0.3) is 10.9 Å². The van der Waals surface area contributed by atoms with Crippen LogP contribution in [0.3, 0.4) is 0 Å². The van der Waals surface area contributed by atoms with E-state index in [1.54, 1.807) is 36.4 Å². The molecule has 0 aliphatic rings. The summed E-state index contributed by atoms with van der Waals surface area (Å²) < 4.78 is 27.5. The van der Waals surface area contributed by atoms with Crippen LogP contribution in [0.4, 0.5) is 0 Å². The van der Waals surface area contributed by atoms with E-state index in [1.807, 2.05) is 6.92 Å². The van der Waals surface area contributed by atoms with E-state index in [1.165, 1.54) is 25.3 Å². The van der Waals surface area contributed by atoms with Crippen LogP contribution in [0.5, 0.6) is 0 Å². The zero-order chi connectivity index (χ0) is 20.5. The van der Waals surface area contributed by atoms with Crippen LogP contribution in [-0.2, 0) is 26.0 Å². The van der Waals surface area contributed by atoms with Gasteiger partial charge in [0.1, 0.15) is 6.04 Å². The molecule has 0 aliphatic heterocycles. The van der Waals surface area contributed by atoms with E-state index in [4.69, 9.17) is 0 Å². The van der Waals surface area contributed by atoms with E-state index in [9.17, 15) is 23.1 Å². The Hall–Kier alpha value is -3.13. The number of nitrogens with zero attached hydrogens (tertiary/aromatic N) is 1. The number of carboxylic acids is 1. The molecule has 2 N–H and O–H groups in total. The van der Waals surface area contributed by atoms with Crippen LogP contribution in [0, 0.1) is 6.92 Å². The monoisotopic (exact) mass is 400 g/mol. The van der Waals surface area contributed by atoms with Crippen LogP contribution in [-0.4, -0.2) is 35.4 Å². The number of carboxylic acid groups (broad SMARTS) is 1. The topological polar surface area (TPSA) is 105 Å². The van der Waals surface area contributed by atoms with Gasteiger partial charge in [-0.05, 0) is 30.7 Å². The molecule has 1 aromatic heterocycles. The number of hydrogen-bond donors (Lipinski definition) is 2. The summed E-state index contributed by atoms with van der Waals surface area (Å²) in [5.74, 6) is -1.66. The molecule has 0 saturated carbocycles. The summed E-state index contributed by atoms with van der Waals surface area (Å²) in [4.78, 5) is 22.9. The highest BCUT2D eigenvalue weighted by Gasteiger charge is 2.25. The Bertz CT molecular complexity index is 1150. The molecule has 0 saturated heterocycles. The Kier molecular flexibility index (Phi) is 5.24. The lowest BCUT2D eigenvalue weighted by Gasteiger charge is -2.12. The van der Waals surface area contributed by atoms with Crippen molar-refractivity contribution in [2.45, 2.75) is 31.2 Å². The average molecular weight is 400 g/mol. The number of amides is 1. The van der Waals surface area contributed by atoms with Crippen molar-refractivity contribution in [1.82, 2.24) is 9.29 Å². The first kappa shape index (κ1) is 19.6. The summed E-state index contributed by atoms with van der Waals surface area (Å²) in [6, 6.07) is 12.2. The predicted octanol–water partition coefficient (Wildman–Crippen LogP) is 2.32. The molecule has 0 fully saturated rings. The van der Waals surface area contributed by atoms with Gasteiger partial charge in [-0.1, -0.05) is 35.9 Å². The molecule has 0 spiro atoms. The van der Waals surface area contributed by atoms with Gasteiger partial charge < -0.3 is 10.4 Å². The van der Waals surface area contributed by atoms with Crippen LogP contribution < -0.4 is 5.32 Å². The molecule has 0 aliphatic carbocycles. The molecule has 1 unspecified atom stereocenters. The number of benzene rings is 2. The van der Waals surface area contributed by atoms with Gasteiger partial charge in [-0.25, -0.2) is 17.2 Å². The zero-order valence-corrected chi connectivity index (χ0v) is 16.2. The standard InChI is InChI=1S/C20H20N2O5S/c1-13-7-9-16(10-8-13)28(26,27)22-12-15(17-5-3-4-6-19(17)22)11-18(20(24)25)21-14(2)23/h3-10,12,18H,11H2,1-2H3,(H,21,23)(H,24,25). The van der Waals surface area contributed by atoms with Crippen LogP contribution >= 0.6 is 0 Å². The zero-order valence-electron chi connectivity index (χ0n) is 15.4. The van der Waals surface area contributed by atoms with Gasteiger partial charge in [-0.3, -0.25) is 4.79 Å². The van der Waals surface area contributed by atoms with Gasteiger partial charge in [0.2, 0.25) is 5.91 Å². The summed E-state index contributed by atoms with van der Waals surface area (Å²) in [5.41, 5.74) is 1.91. The predicted molar refractivity (Wildman–Crippen MR) is 105 cm³/mol. The van der Waals surface area contributed by atoms with Crippen molar-refractivity contribution < 1.29 is 23.1 Å². The normalized spacial score (nSPS) is 12.6. The van der Waals surface area contributed by atoms with Gasteiger partial charge in [0.15, 0.2) is 0 Å². The first-order valence-electron chi connectivity index (χ1n) is 8.61. The fourth-order valence-electron chi connectivity index (χ4n) is 3.07. The molecular weight excluding hydrogens is 380 g/mol. The minimum absolute atomic E-state index is 0.0359. The third-order valence-electron chi connectivity index (χ3n) is 4.44. The van der Waals surface area contributed by atoms with Crippen molar-refractivity contribution in [2.75, 3.05) is 0 Å². The molecule has 2 aromatic carbocycles. The van der Waals surface area contributed by atoms with Gasteiger partial charge in [-0.2, -0.15) is 0 Å². The molecule has 146 valence electrons. The van der Waals surface area contributed by atoms with E-state index in [0.717, 1.165) is 9.54 Å². The second kappa shape index (κ2) is 7.47. The van der Waals surface area contributed by atoms with Gasteiger partial charge in [0.05, 0.1) is 10.4 Å². The lowest BCUT2D eigenvalue weighted by Crippen LogP contribution is -2.41. The number of carbonyl (C=O) groups is 2. The second-order valence-electron chi connectivity index (χ2n) is 6.58. The number of para-hydroxylation sites is 1. The van der Waals surface area contributed by atoms with E-state index in [2.05, 4.69) is 5.32 Å². The molecule has 3 rings (SSSR count). The van der Waals surface area contributed by atoms with Crippen LogP contribution in [0.2, 0.25) is 0 Å². The van der Waals surface area contributed by atoms with Gasteiger partial charge in [0, 0.05) is 24.9 Å². The fraction of sp³-hybridized carbons (Fsp3) is 0.200. The SMILES string of the molecule is CC(=O)NC(Cc1cn(S(=O)(=O)c2ccc(C)cc2)c2ccccc12)C(=O)O. The summed E-state index contributed by atoms with van der Waals surface area (Å²) in [6.45, 7) is 3.11. The number of hydrogen-bond acceptors (Lipinski definition) is 4. The molecule has 7 nitrogen and oxygen atoms in total. The summed E-state index contributed by atoms with van der Waals surface area (Å²) in [7, 11) is -3.86. The third-order valence-corrected chi connectivity index (χ3v) is 6.13. The smallest absolute Gasteiger partial charge is 0.326 e. The highest BCUT2D eigenvalue weighted by Crippen LogP contribution is 2.27. The summed E-state index contributed by atoms with van der Waals surface area (Å²) >= 11 is 0. The lowest BCUT2D eigenvalue weighted by molar-refractivity contribution is -0.141. The summed E-state index contributed by atoms with van der Waals surface area (Å²) in [5, 5.41) is 12.4. The number of aryl methyl sites for hydroxylation is 1. The van der Waals surface area contributed by atoms with Crippen LogP contribution in [0.1, 0.15) is 18.1 Å². The first-order chi connectivity index (χ1) is 13.2. The Morgan fingerprint density at radius 1 is 1.11 bits per heavy atom. The number of aromatic nitrogens is 1. The lowest BCUT2D eigenvalue weighted by atomic mass is 10.1. The molecule has 0 radical (unpaired) electrons. The van der Waals surface area contributed by atoms with Crippen molar-refractivity contribution in [3.05, 3.63) is 65.9 Å². The van der Waals surface area contributed by atoms with Gasteiger partial charge in [0.25, 0.3) is 10.0 Å². The number of rotatable bonds is 6. The van der Waals surface area contributed by atoms with Crippen LogP contribution in [0.15, 0.2) is 59.6 Å². The van der Waals surface area contributed by atoms with E-state index in [0.29, 0.717) is 16.5 Å². The van der Waals surface area contributed by atoms with E-state index < -0.39 is 27.9 Å². The first-order valence-corrected chi connectivity index (χ1v) is 10.1. The van der Waals surface area contributed by atoms with Gasteiger partial charge in [-0.15, -0.1) is 0 Å². The Morgan fingerprint density at radius 3 is 2.36 bits per heavy atom. The molecule has 8 heteroatoms. The minimum Gasteiger partial charge on any atom is -0.480 e. The van der Waals surface area contributed by atoms with Crippen molar-refractivity contribution in [3.63, 3.8) is 0 Å². The quantitative estimate of drug-likeness (QED) is 0.661. The minimum atomic E-state index is -3.86. The molecule has 1 heterocycles. The summed E-state index contributed by atoms with van der Waals surface area (Å²) in [6.07, 6.45) is 1.39. The van der Waals surface area contributed by atoms with E-state index >= 15 is 0 Å². The highest BCUT2D eigenvalue weighted by atomic mass is 32.2. The Balaban J connectivity index is 2.12. The number of fused-ring (bicyclic) bond motifs is 1. The van der Waals surface area contributed by atoms with Crippen molar-refractivity contribution in [3.8, 4) is 0 Å². The molecule has 0 bridgehead atoms. The average Bonchev–Trinajstić information content (AvgIpc) is 3.01. The molecule has 1 amide bonds. The fourth-order valence-corrected chi connectivity index (χ4v) is 4.46. The maximum absolute atomic E-state index is 13.1. The molecule has 1 atom stereocenters. The molecule has 3 aromatic rings. The Labute approximate surface area is 162 Å². The molecular formula is C20H20N2O5S. The maximum Gasteiger partial charge on any atom is 0.326 e. The third kappa shape index (κ3) is 3.77. The molecule has 28 heavy (non-hydrogen) atoms. The van der Waals surface area contributed by atoms with Crippen molar-refractivity contribution in [2.24, 2.45) is 0 Å². The van der Waals surface area contributed by atoms with Crippen molar-refractivity contribution in [1.29, 1.82) is 0 Å². The second-order valence-corrected chi connectivity index (χ2v) is 8.40. The maximum atomic E-state index is 13.1.